The standard InChI is InChI=1S/C10H9F4NO2/c11-7-3-5(8(15)4-9(16)17)1-2-6(7)10(12,13)14/h1-3,8H,4,15H2,(H,16,17). The molecule has 0 amide bonds. The van der Waals surface area contributed by atoms with Gasteiger partial charge in [-0.25, -0.2) is 4.39 Å². The number of hydrogen-bond acceptors (Lipinski definition) is 2. The fraction of sp³-hybridized carbons (Fsp3) is 0.300. The van der Waals surface area contributed by atoms with Crippen molar-refractivity contribution >= 4 is 5.97 Å². The first kappa shape index (κ1) is 13.4. The van der Waals surface area contributed by atoms with Crippen LogP contribution in [0.1, 0.15) is 23.6 Å². The van der Waals surface area contributed by atoms with Gasteiger partial charge in [0.05, 0.1) is 12.0 Å². The minimum Gasteiger partial charge on any atom is -0.481 e. The summed E-state index contributed by atoms with van der Waals surface area (Å²) < 4.78 is 49.8. The molecule has 1 atom stereocenters. The highest BCUT2D eigenvalue weighted by molar-refractivity contribution is 5.67. The van der Waals surface area contributed by atoms with E-state index in [4.69, 9.17) is 10.8 Å². The summed E-state index contributed by atoms with van der Waals surface area (Å²) in [5, 5.41) is 8.44. The van der Waals surface area contributed by atoms with Crippen LogP contribution < -0.4 is 5.73 Å². The Balaban J connectivity index is 3.00. The number of benzene rings is 1. The van der Waals surface area contributed by atoms with Crippen molar-refractivity contribution < 1.29 is 27.5 Å². The van der Waals surface area contributed by atoms with Gasteiger partial charge in [-0.15, -0.1) is 0 Å². The molecule has 0 radical (unpaired) electrons. The molecule has 94 valence electrons. The second-order valence-electron chi connectivity index (χ2n) is 3.44. The van der Waals surface area contributed by atoms with Crippen molar-refractivity contribution in [1.29, 1.82) is 0 Å². The molecule has 1 unspecified atom stereocenters. The molecule has 1 aromatic rings. The zero-order valence-corrected chi connectivity index (χ0v) is 8.46. The van der Waals surface area contributed by atoms with Crippen LogP contribution in [0.3, 0.4) is 0 Å². The molecule has 0 saturated carbocycles. The summed E-state index contributed by atoms with van der Waals surface area (Å²) in [7, 11) is 0. The molecule has 0 aliphatic rings. The van der Waals surface area contributed by atoms with Gasteiger partial charge in [0.25, 0.3) is 0 Å². The van der Waals surface area contributed by atoms with Gasteiger partial charge in [-0.3, -0.25) is 4.79 Å². The molecule has 7 heteroatoms. The number of carboxylic acid groups (broad SMARTS) is 1. The van der Waals surface area contributed by atoms with Crippen LogP contribution in [0.5, 0.6) is 0 Å². The second kappa shape index (κ2) is 4.70. The Labute approximate surface area is 93.8 Å². The van der Waals surface area contributed by atoms with Crippen LogP contribution in [-0.2, 0) is 11.0 Å². The molecule has 0 saturated heterocycles. The molecule has 1 aromatic carbocycles. The van der Waals surface area contributed by atoms with Gasteiger partial charge < -0.3 is 10.8 Å². The Kier molecular flexibility index (Phi) is 3.72. The average molecular weight is 251 g/mol. The van der Waals surface area contributed by atoms with Gasteiger partial charge in [0.1, 0.15) is 5.82 Å². The summed E-state index contributed by atoms with van der Waals surface area (Å²) in [4.78, 5) is 10.3. The van der Waals surface area contributed by atoms with E-state index in [0.29, 0.717) is 12.1 Å². The van der Waals surface area contributed by atoms with Crippen molar-refractivity contribution in [2.24, 2.45) is 5.73 Å². The van der Waals surface area contributed by atoms with Crippen LogP contribution in [0.2, 0.25) is 0 Å². The van der Waals surface area contributed by atoms with E-state index in [1.807, 2.05) is 0 Å². The molecule has 0 bridgehead atoms. The van der Waals surface area contributed by atoms with E-state index in [2.05, 4.69) is 0 Å². The van der Waals surface area contributed by atoms with E-state index in [1.165, 1.54) is 0 Å². The molecule has 0 fully saturated rings. The number of nitrogens with two attached hydrogens (primary N) is 1. The molecule has 0 aromatic heterocycles. The molecular weight excluding hydrogens is 242 g/mol. The molecule has 0 heterocycles. The fourth-order valence-electron chi connectivity index (χ4n) is 1.30. The van der Waals surface area contributed by atoms with Gasteiger partial charge in [-0.2, -0.15) is 13.2 Å². The van der Waals surface area contributed by atoms with Gasteiger partial charge in [-0.1, -0.05) is 6.07 Å². The molecule has 0 aliphatic heterocycles. The lowest BCUT2D eigenvalue weighted by molar-refractivity contribution is -0.140. The van der Waals surface area contributed by atoms with Crippen molar-refractivity contribution in [3.63, 3.8) is 0 Å². The Morgan fingerprint density at radius 1 is 1.41 bits per heavy atom. The molecule has 3 N–H and O–H groups in total. The predicted molar refractivity (Wildman–Crippen MR) is 50.6 cm³/mol. The lowest BCUT2D eigenvalue weighted by atomic mass is 10.0. The van der Waals surface area contributed by atoms with E-state index in [9.17, 15) is 22.4 Å². The molecular formula is C10H9F4NO2. The first-order valence-electron chi connectivity index (χ1n) is 4.56. The van der Waals surface area contributed by atoms with E-state index >= 15 is 0 Å². The minimum absolute atomic E-state index is 0.0119. The number of alkyl halides is 3. The summed E-state index contributed by atoms with van der Waals surface area (Å²) in [5.74, 6) is -2.67. The summed E-state index contributed by atoms with van der Waals surface area (Å²) in [5.41, 5.74) is 4.01. The predicted octanol–water partition coefficient (Wildman–Crippen LogP) is 2.32. The van der Waals surface area contributed by atoms with Gasteiger partial charge in [0.2, 0.25) is 0 Å². The quantitative estimate of drug-likeness (QED) is 0.810. The minimum atomic E-state index is -4.78. The van der Waals surface area contributed by atoms with Crippen LogP contribution in [0, 0.1) is 5.82 Å². The fourth-order valence-corrected chi connectivity index (χ4v) is 1.30. The van der Waals surface area contributed by atoms with Crippen LogP contribution in [0.15, 0.2) is 18.2 Å². The maximum absolute atomic E-state index is 13.1. The normalized spacial score (nSPS) is 13.5. The van der Waals surface area contributed by atoms with Crippen molar-refractivity contribution in [2.45, 2.75) is 18.6 Å². The summed E-state index contributed by atoms with van der Waals surface area (Å²) in [6, 6.07) is 1.09. The topological polar surface area (TPSA) is 63.3 Å². The molecule has 17 heavy (non-hydrogen) atoms. The van der Waals surface area contributed by atoms with Gasteiger partial charge in [0, 0.05) is 6.04 Å². The lowest BCUT2D eigenvalue weighted by Gasteiger charge is -2.12. The maximum atomic E-state index is 13.1. The Hall–Kier alpha value is -1.63. The summed E-state index contributed by atoms with van der Waals surface area (Å²) in [6.07, 6.45) is -5.26. The molecule has 3 nitrogen and oxygen atoms in total. The zero-order chi connectivity index (χ0) is 13.2. The van der Waals surface area contributed by atoms with Gasteiger partial charge >= 0.3 is 12.1 Å². The lowest BCUT2D eigenvalue weighted by Crippen LogP contribution is -2.16. The van der Waals surface area contributed by atoms with Crippen LogP contribution in [-0.4, -0.2) is 11.1 Å². The number of carboxylic acids is 1. The van der Waals surface area contributed by atoms with Crippen LogP contribution in [0.4, 0.5) is 17.6 Å². The molecule has 0 aliphatic carbocycles. The third kappa shape index (κ3) is 3.42. The van der Waals surface area contributed by atoms with Crippen molar-refractivity contribution in [1.82, 2.24) is 0 Å². The zero-order valence-electron chi connectivity index (χ0n) is 8.46. The Bertz CT molecular complexity index is 431. The Morgan fingerprint density at radius 3 is 2.41 bits per heavy atom. The number of aliphatic carboxylic acids is 1. The number of halogens is 4. The van der Waals surface area contributed by atoms with Gasteiger partial charge in [-0.05, 0) is 17.7 Å². The maximum Gasteiger partial charge on any atom is 0.419 e. The SMILES string of the molecule is NC(CC(=O)O)c1ccc(C(F)(F)F)c(F)c1. The van der Waals surface area contributed by atoms with E-state index < -0.39 is 36.0 Å². The first-order chi connectivity index (χ1) is 7.71. The summed E-state index contributed by atoms with van der Waals surface area (Å²) >= 11 is 0. The van der Waals surface area contributed by atoms with Crippen molar-refractivity contribution in [2.75, 3.05) is 0 Å². The van der Waals surface area contributed by atoms with Gasteiger partial charge in [0.15, 0.2) is 0 Å². The number of carbonyl (C=O) groups is 1. The van der Waals surface area contributed by atoms with E-state index in [-0.39, 0.29) is 5.56 Å². The van der Waals surface area contributed by atoms with Crippen molar-refractivity contribution in [3.8, 4) is 0 Å². The second-order valence-corrected chi connectivity index (χ2v) is 3.44. The third-order valence-electron chi connectivity index (χ3n) is 2.12. The number of hydrogen-bond donors (Lipinski definition) is 2. The Morgan fingerprint density at radius 2 is 2.00 bits per heavy atom. The van der Waals surface area contributed by atoms with Crippen molar-refractivity contribution in [3.05, 3.63) is 35.1 Å². The van der Waals surface area contributed by atoms with Crippen LogP contribution >= 0.6 is 0 Å². The highest BCUT2D eigenvalue weighted by atomic mass is 19.4. The first-order valence-corrected chi connectivity index (χ1v) is 4.56. The van der Waals surface area contributed by atoms with Crippen LogP contribution in [0.25, 0.3) is 0 Å². The van der Waals surface area contributed by atoms with E-state index in [0.717, 1.165) is 6.07 Å². The molecule has 1 rings (SSSR count). The highest BCUT2D eigenvalue weighted by Crippen LogP contribution is 2.32. The highest BCUT2D eigenvalue weighted by Gasteiger charge is 2.34. The molecule has 0 spiro atoms. The third-order valence-corrected chi connectivity index (χ3v) is 2.12. The average Bonchev–Trinajstić information content (AvgIpc) is 2.14. The van der Waals surface area contributed by atoms with E-state index in [1.54, 1.807) is 0 Å². The smallest absolute Gasteiger partial charge is 0.419 e. The monoisotopic (exact) mass is 251 g/mol. The summed E-state index contributed by atoms with van der Waals surface area (Å²) in [6.45, 7) is 0. The number of rotatable bonds is 3. The largest absolute Gasteiger partial charge is 0.481 e.